The van der Waals surface area contributed by atoms with Gasteiger partial charge in [-0.05, 0) is 76.8 Å². The van der Waals surface area contributed by atoms with Gasteiger partial charge in [-0.15, -0.1) is 0 Å². The lowest BCUT2D eigenvalue weighted by Crippen LogP contribution is -2.83. The van der Waals surface area contributed by atoms with Crippen molar-refractivity contribution in [1.29, 1.82) is 0 Å². The van der Waals surface area contributed by atoms with Gasteiger partial charge in [-0.25, -0.2) is 4.79 Å². The largest absolute Gasteiger partial charge is 0.495 e. The zero-order valence-electron chi connectivity index (χ0n) is 26.5. The van der Waals surface area contributed by atoms with Crippen molar-refractivity contribution in [3.63, 3.8) is 0 Å². The van der Waals surface area contributed by atoms with Crippen molar-refractivity contribution in [2.75, 3.05) is 39.3 Å². The molecule has 0 unspecified atom stereocenters. The fourth-order valence-corrected chi connectivity index (χ4v) is 11.2. The molecular weight excluding hydrogens is 652 g/mol. The Labute approximate surface area is 276 Å². The minimum absolute atomic E-state index is 0.0616. The molecule has 11 heteroatoms. The maximum Gasteiger partial charge on any atom is 0.328 e. The fourth-order valence-electron chi connectivity index (χ4n) is 10.7. The molecule has 2 saturated heterocycles. The Kier molecular flexibility index (Phi) is 6.70. The van der Waals surface area contributed by atoms with Crippen LogP contribution in [-0.4, -0.2) is 96.2 Å². The van der Waals surface area contributed by atoms with E-state index in [0.717, 1.165) is 58.1 Å². The third kappa shape index (κ3) is 3.63. The first-order valence-electron chi connectivity index (χ1n) is 16.3. The van der Waals surface area contributed by atoms with E-state index in [0.29, 0.717) is 18.1 Å². The second-order valence-electron chi connectivity index (χ2n) is 14.1. The van der Waals surface area contributed by atoms with Gasteiger partial charge in [0, 0.05) is 65.7 Å². The molecule has 9 atom stereocenters. The summed E-state index contributed by atoms with van der Waals surface area (Å²) in [7, 11) is 4.81. The molecule has 3 aromatic rings. The number of likely N-dealkylation sites (N-methyl/N-ethyl adjacent to an activating group) is 1. The van der Waals surface area contributed by atoms with E-state index in [4.69, 9.17) is 9.47 Å². The van der Waals surface area contributed by atoms with Crippen LogP contribution in [0.5, 0.6) is 5.75 Å². The number of aromatic amines is 1. The van der Waals surface area contributed by atoms with Gasteiger partial charge in [-0.1, -0.05) is 25.1 Å². The minimum Gasteiger partial charge on any atom is -0.495 e. The number of para-hydroxylation sites is 1. The normalized spacial score (nSPS) is 36.0. The minimum atomic E-state index is -2.24. The van der Waals surface area contributed by atoms with Crippen LogP contribution >= 0.6 is 15.9 Å². The number of nitrogens with one attached hydrogen (secondary N) is 2. The van der Waals surface area contributed by atoms with Crippen molar-refractivity contribution < 1.29 is 29.3 Å². The summed E-state index contributed by atoms with van der Waals surface area (Å²) in [6.07, 6.45) is 2.95. The predicted molar refractivity (Wildman–Crippen MR) is 176 cm³/mol. The lowest BCUT2D eigenvalue weighted by atomic mass is 9.46. The molecule has 4 N–H and O–H groups in total. The summed E-state index contributed by atoms with van der Waals surface area (Å²) in [5, 5.41) is 29.7. The Bertz CT molecular complexity index is 1760. The van der Waals surface area contributed by atoms with Gasteiger partial charge >= 0.3 is 5.97 Å². The molecule has 1 spiro atoms. The number of esters is 1. The Hall–Kier alpha value is -3.12. The van der Waals surface area contributed by atoms with Gasteiger partial charge < -0.3 is 34.9 Å². The molecule has 2 aliphatic carbocycles. The number of methoxy groups -OCH3 is 2. The van der Waals surface area contributed by atoms with Crippen LogP contribution in [-0.2, 0) is 26.2 Å². The van der Waals surface area contributed by atoms with E-state index < -0.39 is 46.5 Å². The average Bonchev–Trinajstić information content (AvgIpc) is 3.49. The molecule has 46 heavy (non-hydrogen) atoms. The number of hydrogen-bond donors (Lipinski definition) is 4. The molecule has 4 fully saturated rings. The number of halogens is 1. The number of anilines is 1. The lowest BCUT2D eigenvalue weighted by Gasteiger charge is -2.65. The molecule has 1 amide bonds. The van der Waals surface area contributed by atoms with Crippen molar-refractivity contribution in [3.05, 3.63) is 58.2 Å². The van der Waals surface area contributed by atoms with Crippen molar-refractivity contribution >= 4 is 44.4 Å². The number of aliphatic hydroxyl groups is 2. The van der Waals surface area contributed by atoms with Crippen LogP contribution in [0.25, 0.3) is 10.9 Å². The average molecular weight is 694 g/mol. The van der Waals surface area contributed by atoms with Crippen molar-refractivity contribution in [2.24, 2.45) is 17.3 Å². The monoisotopic (exact) mass is 692 g/mol. The molecule has 0 radical (unpaired) electrons. The first kappa shape index (κ1) is 30.2. The van der Waals surface area contributed by atoms with E-state index in [1.165, 1.54) is 7.11 Å². The maximum atomic E-state index is 14.9. The maximum absolute atomic E-state index is 14.9. The van der Waals surface area contributed by atoms with Gasteiger partial charge in [-0.3, -0.25) is 9.69 Å². The Balaban J connectivity index is 1.27. The van der Waals surface area contributed by atoms with Crippen LogP contribution in [0, 0.1) is 17.3 Å². The fraction of sp³-hybridized carbons (Fsp3) is 0.543. The van der Waals surface area contributed by atoms with E-state index in [-0.39, 0.29) is 18.4 Å². The summed E-state index contributed by atoms with van der Waals surface area (Å²) in [5.74, 6) is -0.0913. The number of nitrogens with zero attached hydrogens (tertiary/aromatic N) is 2. The summed E-state index contributed by atoms with van der Waals surface area (Å²) in [4.78, 5) is 35.9. The smallest absolute Gasteiger partial charge is 0.328 e. The third-order valence-corrected chi connectivity index (χ3v) is 13.1. The van der Waals surface area contributed by atoms with Gasteiger partial charge in [-0.2, -0.15) is 0 Å². The molecule has 8 rings (SSSR count). The SMILES string of the molecule is CC[C@]12[C@@H]3C[C@@H]3CN3CC[C@@]4(c5cc(Br)c(OC)cc5N(C)[C@H]4[C@@](O)(C(=O)N[C@@H](Cc4c[nH]c5ccccc45)C(=O)OC)[C@@H]1O)[C@@H]32. The lowest BCUT2D eigenvalue weighted by molar-refractivity contribution is -0.226. The highest BCUT2D eigenvalue weighted by Gasteiger charge is 2.82. The van der Waals surface area contributed by atoms with Gasteiger partial charge in [0.1, 0.15) is 17.9 Å². The number of H-pyrrole nitrogens is 1. The van der Waals surface area contributed by atoms with Crippen molar-refractivity contribution in [2.45, 2.75) is 67.9 Å². The number of aliphatic hydroxyl groups excluding tert-OH is 1. The zero-order valence-corrected chi connectivity index (χ0v) is 28.1. The van der Waals surface area contributed by atoms with Gasteiger partial charge in [0.15, 0.2) is 5.60 Å². The van der Waals surface area contributed by atoms with E-state index in [9.17, 15) is 19.8 Å². The second kappa shape index (κ2) is 10.2. The second-order valence-corrected chi connectivity index (χ2v) is 15.0. The van der Waals surface area contributed by atoms with Gasteiger partial charge in [0.2, 0.25) is 0 Å². The topological polar surface area (TPSA) is 127 Å². The zero-order chi connectivity index (χ0) is 32.3. The number of rotatable bonds is 7. The number of fused-ring (bicyclic) bond motifs is 4. The van der Waals surface area contributed by atoms with Crippen LogP contribution in [0.2, 0.25) is 0 Å². The van der Waals surface area contributed by atoms with E-state index in [1.807, 2.05) is 48.5 Å². The number of hydrogen-bond acceptors (Lipinski definition) is 8. The van der Waals surface area contributed by atoms with Crippen LogP contribution in [0.15, 0.2) is 47.1 Å². The van der Waals surface area contributed by atoms with E-state index >= 15 is 0 Å². The number of piperidine rings is 1. The van der Waals surface area contributed by atoms with E-state index in [2.05, 4.69) is 44.1 Å². The van der Waals surface area contributed by atoms with Crippen LogP contribution in [0.4, 0.5) is 5.69 Å². The van der Waals surface area contributed by atoms with Crippen LogP contribution < -0.4 is 15.0 Å². The standard InChI is InChI=1S/C35H41BrN4O6/c1-5-33-21-12-19(21)17-40-11-10-34(29(33)40)22-14-23(36)27(45-3)15-26(22)39(2)30(34)35(44,31(33)42)32(43)38-25(28(41)46-4)13-18-16-37-24-9-7-6-8-20(18)24/h6-9,14-16,19,21,25,29-31,37,42,44H,5,10-13,17H2,1-4H3,(H,38,43)/t19-,21-,25+,29+,30-,31-,33-,34-,35+/m1/s1. The highest BCUT2D eigenvalue weighted by Crippen LogP contribution is 2.73. The first-order valence-corrected chi connectivity index (χ1v) is 17.1. The molecule has 3 aliphatic heterocycles. The van der Waals surface area contributed by atoms with Crippen LogP contribution in [0.1, 0.15) is 37.3 Å². The van der Waals surface area contributed by atoms with Crippen molar-refractivity contribution in [3.8, 4) is 5.75 Å². The predicted octanol–water partition coefficient (Wildman–Crippen LogP) is 3.12. The number of aromatic nitrogens is 1. The summed E-state index contributed by atoms with van der Waals surface area (Å²) in [6, 6.07) is 9.89. The molecule has 2 aromatic carbocycles. The Morgan fingerprint density at radius 2 is 2.00 bits per heavy atom. The summed E-state index contributed by atoms with van der Waals surface area (Å²) >= 11 is 3.72. The molecule has 0 bridgehead atoms. The summed E-state index contributed by atoms with van der Waals surface area (Å²) in [5.41, 5.74) is 0.0795. The third-order valence-electron chi connectivity index (χ3n) is 12.5. The number of carbonyl (C=O) groups excluding carboxylic acids is 2. The number of amides is 1. The van der Waals surface area contributed by atoms with Gasteiger partial charge in [0.05, 0.1) is 24.7 Å². The quantitative estimate of drug-likeness (QED) is 0.279. The summed E-state index contributed by atoms with van der Waals surface area (Å²) in [6.45, 7) is 3.87. The van der Waals surface area contributed by atoms with Crippen molar-refractivity contribution in [1.82, 2.24) is 15.2 Å². The van der Waals surface area contributed by atoms with E-state index in [1.54, 1.807) is 7.11 Å². The summed E-state index contributed by atoms with van der Waals surface area (Å²) < 4.78 is 11.7. The molecule has 1 aromatic heterocycles. The number of carbonyl (C=O) groups is 2. The molecular formula is C35H41BrN4O6. The number of benzene rings is 2. The molecule has 10 nitrogen and oxygen atoms in total. The molecule has 2 saturated carbocycles. The highest BCUT2D eigenvalue weighted by atomic mass is 79.9. The highest BCUT2D eigenvalue weighted by molar-refractivity contribution is 9.10. The van der Waals surface area contributed by atoms with Gasteiger partial charge in [0.25, 0.3) is 5.91 Å². The Morgan fingerprint density at radius 1 is 1.22 bits per heavy atom. The molecule has 5 aliphatic rings. The molecule has 244 valence electrons. The van der Waals surface area contributed by atoms with Crippen LogP contribution in [0.3, 0.4) is 0 Å². The Morgan fingerprint density at radius 3 is 2.74 bits per heavy atom. The first-order chi connectivity index (χ1) is 22.1. The molecule has 4 heterocycles. The number of ether oxygens (including phenoxy) is 2.